The molecule has 1 N–H and O–H groups in total. The predicted molar refractivity (Wildman–Crippen MR) is 83.9 cm³/mol. The molecular weight excluding hydrogens is 337 g/mol. The van der Waals surface area contributed by atoms with Gasteiger partial charge >= 0.3 is 0 Å². The van der Waals surface area contributed by atoms with E-state index >= 15 is 0 Å². The normalized spacial score (nSPS) is 17.4. The molecule has 6 heteroatoms. The Balaban J connectivity index is 0.00000144. The molecule has 1 aromatic rings. The average molecular weight is 357 g/mol. The van der Waals surface area contributed by atoms with Crippen molar-refractivity contribution in [3.63, 3.8) is 0 Å². The average Bonchev–Trinajstić information content (AvgIpc) is 2.31. The highest BCUT2D eigenvalue weighted by Gasteiger charge is 2.20. The first-order chi connectivity index (χ1) is 7.81. The monoisotopic (exact) mass is 355 g/mol. The summed E-state index contributed by atoms with van der Waals surface area (Å²) in [5.74, 6) is 0. The second-order valence-corrected chi connectivity index (χ2v) is 5.06. The van der Waals surface area contributed by atoms with E-state index in [1.807, 2.05) is 12.4 Å². The Morgan fingerprint density at radius 3 is 2.56 bits per heavy atom. The van der Waals surface area contributed by atoms with Crippen LogP contribution in [0.4, 0.5) is 0 Å². The van der Waals surface area contributed by atoms with Crippen molar-refractivity contribution in [1.82, 2.24) is 15.2 Å². The lowest BCUT2D eigenvalue weighted by atomic mass is 10.0. The third-order valence-electron chi connectivity index (χ3n) is 3.09. The Kier molecular flexibility index (Phi) is 9.17. The number of nitrogens with zero attached hydrogens (tertiary/aromatic N) is 2. The van der Waals surface area contributed by atoms with Crippen LogP contribution in [0.1, 0.15) is 24.9 Å². The highest BCUT2D eigenvalue weighted by Crippen LogP contribution is 2.25. The van der Waals surface area contributed by atoms with Gasteiger partial charge in [0, 0.05) is 49.1 Å². The maximum absolute atomic E-state index is 4.26. The van der Waals surface area contributed by atoms with Crippen molar-refractivity contribution >= 4 is 40.7 Å². The lowest BCUT2D eigenvalue weighted by Crippen LogP contribution is -2.45. The van der Waals surface area contributed by atoms with Crippen molar-refractivity contribution in [1.29, 1.82) is 0 Å². The number of nitrogens with one attached hydrogen (secondary N) is 1. The zero-order chi connectivity index (χ0) is 11.4. The Labute approximate surface area is 130 Å². The number of halogens is 3. The Hall–Kier alpha value is 0.130. The minimum Gasteiger partial charge on any atom is -0.314 e. The van der Waals surface area contributed by atoms with Crippen LogP contribution < -0.4 is 5.32 Å². The van der Waals surface area contributed by atoms with Gasteiger partial charge in [0.25, 0.3) is 0 Å². The molecule has 0 radical (unpaired) electrons. The second-order valence-electron chi connectivity index (χ2n) is 4.15. The molecule has 3 nitrogen and oxygen atoms in total. The fourth-order valence-electron chi connectivity index (χ4n) is 2.31. The van der Waals surface area contributed by atoms with E-state index in [2.05, 4.69) is 44.1 Å². The van der Waals surface area contributed by atoms with Gasteiger partial charge in [0.05, 0.1) is 0 Å². The first kappa shape index (κ1) is 18.1. The van der Waals surface area contributed by atoms with E-state index in [9.17, 15) is 0 Å². The topological polar surface area (TPSA) is 28.2 Å². The molecule has 2 rings (SSSR count). The van der Waals surface area contributed by atoms with Gasteiger partial charge in [-0.1, -0.05) is 6.92 Å². The van der Waals surface area contributed by atoms with Crippen LogP contribution >= 0.6 is 40.7 Å². The summed E-state index contributed by atoms with van der Waals surface area (Å²) in [7, 11) is 0. The molecule has 0 saturated carbocycles. The molecule has 0 aromatic carbocycles. The molecule has 0 spiro atoms. The van der Waals surface area contributed by atoms with Crippen molar-refractivity contribution in [2.24, 2.45) is 0 Å². The lowest BCUT2D eigenvalue weighted by Gasteiger charge is -2.34. The van der Waals surface area contributed by atoms with E-state index in [0.717, 1.165) is 37.1 Å². The summed E-state index contributed by atoms with van der Waals surface area (Å²) < 4.78 is 1.07. The van der Waals surface area contributed by atoms with Gasteiger partial charge in [0.1, 0.15) is 0 Å². The highest BCUT2D eigenvalue weighted by molar-refractivity contribution is 9.10. The summed E-state index contributed by atoms with van der Waals surface area (Å²) in [6.07, 6.45) is 4.97. The van der Waals surface area contributed by atoms with Crippen molar-refractivity contribution in [2.45, 2.75) is 19.4 Å². The Morgan fingerprint density at radius 1 is 1.33 bits per heavy atom. The quantitative estimate of drug-likeness (QED) is 0.902. The molecular formula is C12H20BrCl2N3. The molecule has 104 valence electrons. The molecule has 0 bridgehead atoms. The van der Waals surface area contributed by atoms with Crippen LogP contribution in [0.15, 0.2) is 22.9 Å². The largest absolute Gasteiger partial charge is 0.314 e. The van der Waals surface area contributed by atoms with Crippen LogP contribution in [-0.2, 0) is 0 Å². The van der Waals surface area contributed by atoms with E-state index in [1.54, 1.807) is 0 Å². The second kappa shape index (κ2) is 9.10. The molecule has 1 aliphatic rings. The van der Waals surface area contributed by atoms with Crippen molar-refractivity contribution in [3.8, 4) is 0 Å². The van der Waals surface area contributed by atoms with Gasteiger partial charge in [-0.05, 0) is 34.0 Å². The number of piperazine rings is 1. The summed E-state index contributed by atoms with van der Waals surface area (Å²) in [5.41, 5.74) is 1.32. The van der Waals surface area contributed by atoms with Crippen molar-refractivity contribution < 1.29 is 0 Å². The highest BCUT2D eigenvalue weighted by atomic mass is 79.9. The molecule has 1 fully saturated rings. The molecule has 18 heavy (non-hydrogen) atoms. The lowest BCUT2D eigenvalue weighted by molar-refractivity contribution is 0.169. The molecule has 0 aliphatic carbocycles. The zero-order valence-corrected chi connectivity index (χ0v) is 13.7. The fourth-order valence-corrected chi connectivity index (χ4v) is 2.69. The van der Waals surface area contributed by atoms with Crippen molar-refractivity contribution in [2.75, 3.05) is 26.2 Å². The van der Waals surface area contributed by atoms with E-state index < -0.39 is 0 Å². The first-order valence-electron chi connectivity index (χ1n) is 5.86. The van der Waals surface area contributed by atoms with Crippen LogP contribution in [0.2, 0.25) is 0 Å². The van der Waals surface area contributed by atoms with Crippen LogP contribution in [0.5, 0.6) is 0 Å². The van der Waals surface area contributed by atoms with Gasteiger partial charge < -0.3 is 5.32 Å². The van der Waals surface area contributed by atoms with E-state index in [0.29, 0.717) is 6.04 Å². The van der Waals surface area contributed by atoms with Gasteiger partial charge in [-0.15, -0.1) is 24.8 Å². The van der Waals surface area contributed by atoms with E-state index in [1.165, 1.54) is 5.56 Å². The summed E-state index contributed by atoms with van der Waals surface area (Å²) >= 11 is 3.49. The first-order valence-corrected chi connectivity index (χ1v) is 6.65. The van der Waals surface area contributed by atoms with Gasteiger partial charge in [-0.3, -0.25) is 9.88 Å². The minimum absolute atomic E-state index is 0. The van der Waals surface area contributed by atoms with Crippen LogP contribution in [0.3, 0.4) is 0 Å². The van der Waals surface area contributed by atoms with E-state index in [4.69, 9.17) is 0 Å². The Morgan fingerprint density at radius 2 is 2.00 bits per heavy atom. The summed E-state index contributed by atoms with van der Waals surface area (Å²) in [5, 5.41) is 3.39. The summed E-state index contributed by atoms with van der Waals surface area (Å²) in [4.78, 5) is 6.80. The standard InChI is InChI=1S/C12H18BrN3.2ClH/c1-2-12(16-5-3-14-4-6-16)10-7-11(13)9-15-8-10;;/h7-9,12,14H,2-6H2,1H3;2*1H/t12-;;/m1../s1. The summed E-state index contributed by atoms with van der Waals surface area (Å²) in [6, 6.07) is 2.69. The number of aromatic nitrogens is 1. The number of pyridine rings is 1. The minimum atomic E-state index is 0. The van der Waals surface area contributed by atoms with Gasteiger partial charge in [-0.25, -0.2) is 0 Å². The predicted octanol–water partition coefficient (Wildman–Crippen LogP) is 3.04. The molecule has 1 saturated heterocycles. The molecule has 1 aliphatic heterocycles. The molecule has 1 atom stereocenters. The molecule has 2 heterocycles. The van der Waals surface area contributed by atoms with Crippen LogP contribution in [-0.4, -0.2) is 36.1 Å². The SMILES string of the molecule is CC[C@H](c1cncc(Br)c1)N1CCNCC1.Cl.Cl. The number of hydrogen-bond acceptors (Lipinski definition) is 3. The molecule has 0 unspecified atom stereocenters. The maximum Gasteiger partial charge on any atom is 0.0410 e. The molecule has 0 amide bonds. The van der Waals surface area contributed by atoms with E-state index in [-0.39, 0.29) is 24.8 Å². The van der Waals surface area contributed by atoms with Crippen molar-refractivity contribution in [3.05, 3.63) is 28.5 Å². The number of hydrogen-bond donors (Lipinski definition) is 1. The zero-order valence-electron chi connectivity index (χ0n) is 10.4. The summed E-state index contributed by atoms with van der Waals surface area (Å²) in [6.45, 7) is 6.69. The fraction of sp³-hybridized carbons (Fsp3) is 0.583. The third-order valence-corrected chi connectivity index (χ3v) is 3.52. The van der Waals surface area contributed by atoms with Crippen LogP contribution in [0.25, 0.3) is 0 Å². The number of rotatable bonds is 3. The van der Waals surface area contributed by atoms with Gasteiger partial charge in [0.15, 0.2) is 0 Å². The third kappa shape index (κ3) is 4.67. The maximum atomic E-state index is 4.26. The van der Waals surface area contributed by atoms with Gasteiger partial charge in [-0.2, -0.15) is 0 Å². The molecule has 1 aromatic heterocycles. The van der Waals surface area contributed by atoms with Crippen LogP contribution in [0, 0.1) is 0 Å². The Bertz CT molecular complexity index is 346. The smallest absolute Gasteiger partial charge is 0.0410 e. The van der Waals surface area contributed by atoms with Gasteiger partial charge in [0.2, 0.25) is 0 Å².